The quantitative estimate of drug-likeness (QED) is 0.631. The molecule has 0 aromatic heterocycles. The normalized spacial score (nSPS) is 23.6. The van der Waals surface area contributed by atoms with Gasteiger partial charge < -0.3 is 11.5 Å². The topological polar surface area (TPSA) is 64.4 Å². The minimum atomic E-state index is 0.224. The largest absolute Gasteiger partial charge is 0.370 e. The molecule has 0 aliphatic heterocycles. The molecule has 1 aliphatic rings. The predicted octanol–water partition coefficient (Wildman–Crippen LogP) is 2.31. The van der Waals surface area contributed by atoms with E-state index in [9.17, 15) is 0 Å². The van der Waals surface area contributed by atoms with Crippen LogP contribution in [-0.2, 0) is 6.42 Å². The standard InChI is InChI=1S/C15H23N3/c16-15(17)18-11-14-8-6-13(7-9-14)10-12-4-2-1-3-5-12/h1-5,13-14H,6-11H2,(H4,16,17,18). The summed E-state index contributed by atoms with van der Waals surface area (Å²) in [5.41, 5.74) is 12.2. The maximum absolute atomic E-state index is 5.37. The average molecular weight is 245 g/mol. The van der Waals surface area contributed by atoms with E-state index in [0.29, 0.717) is 5.92 Å². The Hall–Kier alpha value is -1.51. The monoisotopic (exact) mass is 245 g/mol. The van der Waals surface area contributed by atoms with Crippen molar-refractivity contribution in [2.24, 2.45) is 28.3 Å². The predicted molar refractivity (Wildman–Crippen MR) is 76.3 cm³/mol. The van der Waals surface area contributed by atoms with Gasteiger partial charge in [0.15, 0.2) is 5.96 Å². The first-order valence-electron chi connectivity index (χ1n) is 6.83. The van der Waals surface area contributed by atoms with Crippen LogP contribution in [0.4, 0.5) is 0 Å². The molecular formula is C15H23N3. The van der Waals surface area contributed by atoms with Gasteiger partial charge in [0.25, 0.3) is 0 Å². The Morgan fingerprint density at radius 3 is 2.22 bits per heavy atom. The molecule has 0 unspecified atom stereocenters. The van der Waals surface area contributed by atoms with Crippen LogP contribution in [0.15, 0.2) is 35.3 Å². The van der Waals surface area contributed by atoms with Crippen molar-refractivity contribution in [1.82, 2.24) is 0 Å². The van der Waals surface area contributed by atoms with Crippen molar-refractivity contribution in [1.29, 1.82) is 0 Å². The average Bonchev–Trinajstić information content (AvgIpc) is 2.39. The lowest BCUT2D eigenvalue weighted by atomic mass is 9.79. The van der Waals surface area contributed by atoms with E-state index in [4.69, 9.17) is 11.5 Å². The number of rotatable bonds is 4. The first-order chi connectivity index (χ1) is 8.74. The highest BCUT2D eigenvalue weighted by atomic mass is 15.0. The van der Waals surface area contributed by atoms with E-state index < -0.39 is 0 Å². The molecule has 1 fully saturated rings. The lowest BCUT2D eigenvalue weighted by Gasteiger charge is -2.27. The van der Waals surface area contributed by atoms with Crippen molar-refractivity contribution in [3.05, 3.63) is 35.9 Å². The van der Waals surface area contributed by atoms with Crippen LogP contribution in [0.5, 0.6) is 0 Å². The van der Waals surface area contributed by atoms with Crippen molar-refractivity contribution in [2.45, 2.75) is 32.1 Å². The van der Waals surface area contributed by atoms with Crippen LogP contribution in [0, 0.1) is 11.8 Å². The van der Waals surface area contributed by atoms with Gasteiger partial charge in [0.2, 0.25) is 0 Å². The molecule has 1 aromatic rings. The van der Waals surface area contributed by atoms with Gasteiger partial charge in [-0.2, -0.15) is 0 Å². The molecule has 18 heavy (non-hydrogen) atoms. The molecule has 0 atom stereocenters. The molecule has 0 bridgehead atoms. The molecule has 1 aliphatic carbocycles. The van der Waals surface area contributed by atoms with Gasteiger partial charge in [0.05, 0.1) is 0 Å². The van der Waals surface area contributed by atoms with Crippen LogP contribution in [0.25, 0.3) is 0 Å². The van der Waals surface area contributed by atoms with Gasteiger partial charge in [-0.25, -0.2) is 0 Å². The number of guanidine groups is 1. The Balaban J connectivity index is 1.75. The Morgan fingerprint density at radius 1 is 1.00 bits per heavy atom. The number of hydrogen-bond donors (Lipinski definition) is 2. The Kier molecular flexibility index (Phi) is 4.62. The Morgan fingerprint density at radius 2 is 1.61 bits per heavy atom. The molecule has 0 saturated heterocycles. The maximum atomic E-state index is 5.37. The molecular weight excluding hydrogens is 222 g/mol. The molecule has 3 heteroatoms. The van der Waals surface area contributed by atoms with Crippen molar-refractivity contribution in [3.8, 4) is 0 Å². The maximum Gasteiger partial charge on any atom is 0.185 e. The molecule has 0 radical (unpaired) electrons. The van der Waals surface area contributed by atoms with E-state index in [1.165, 1.54) is 37.7 Å². The SMILES string of the molecule is NC(N)=NCC1CCC(Cc2ccccc2)CC1. The molecule has 1 aromatic carbocycles. The highest BCUT2D eigenvalue weighted by Gasteiger charge is 2.20. The summed E-state index contributed by atoms with van der Waals surface area (Å²) in [5, 5.41) is 0. The third kappa shape index (κ3) is 4.06. The van der Waals surface area contributed by atoms with E-state index in [0.717, 1.165) is 12.5 Å². The Bertz CT molecular complexity index is 374. The van der Waals surface area contributed by atoms with Crippen LogP contribution in [0.2, 0.25) is 0 Å². The lowest BCUT2D eigenvalue weighted by molar-refractivity contribution is 0.279. The molecule has 4 N–H and O–H groups in total. The van der Waals surface area contributed by atoms with E-state index in [1.807, 2.05) is 0 Å². The van der Waals surface area contributed by atoms with Gasteiger partial charge in [-0.05, 0) is 49.5 Å². The van der Waals surface area contributed by atoms with E-state index in [-0.39, 0.29) is 5.96 Å². The molecule has 3 nitrogen and oxygen atoms in total. The molecule has 98 valence electrons. The van der Waals surface area contributed by atoms with Gasteiger partial charge in [0.1, 0.15) is 0 Å². The number of hydrogen-bond acceptors (Lipinski definition) is 1. The fourth-order valence-electron chi connectivity index (χ4n) is 2.80. The highest BCUT2D eigenvalue weighted by molar-refractivity contribution is 5.75. The van der Waals surface area contributed by atoms with Crippen molar-refractivity contribution < 1.29 is 0 Å². The second-order valence-corrected chi connectivity index (χ2v) is 5.34. The van der Waals surface area contributed by atoms with Crippen LogP contribution in [0.3, 0.4) is 0 Å². The van der Waals surface area contributed by atoms with Gasteiger partial charge in [0, 0.05) is 6.54 Å². The fraction of sp³-hybridized carbons (Fsp3) is 0.533. The molecule has 2 rings (SSSR count). The van der Waals surface area contributed by atoms with Gasteiger partial charge in [-0.1, -0.05) is 30.3 Å². The van der Waals surface area contributed by atoms with Gasteiger partial charge >= 0.3 is 0 Å². The smallest absolute Gasteiger partial charge is 0.185 e. The third-order valence-corrected chi connectivity index (χ3v) is 3.87. The lowest BCUT2D eigenvalue weighted by Crippen LogP contribution is -2.25. The summed E-state index contributed by atoms with van der Waals surface area (Å²) in [6.07, 6.45) is 6.34. The van der Waals surface area contributed by atoms with Gasteiger partial charge in [-0.15, -0.1) is 0 Å². The van der Waals surface area contributed by atoms with Gasteiger partial charge in [-0.3, -0.25) is 4.99 Å². The summed E-state index contributed by atoms with van der Waals surface area (Å²) in [6.45, 7) is 0.806. The van der Waals surface area contributed by atoms with Crippen LogP contribution in [0.1, 0.15) is 31.2 Å². The summed E-state index contributed by atoms with van der Waals surface area (Å²) in [5.74, 6) is 1.74. The van der Waals surface area contributed by atoms with E-state index >= 15 is 0 Å². The first kappa shape index (κ1) is 12.9. The van der Waals surface area contributed by atoms with E-state index in [1.54, 1.807) is 0 Å². The minimum Gasteiger partial charge on any atom is -0.370 e. The zero-order valence-electron chi connectivity index (χ0n) is 10.9. The van der Waals surface area contributed by atoms with Crippen molar-refractivity contribution in [3.63, 3.8) is 0 Å². The van der Waals surface area contributed by atoms with Crippen molar-refractivity contribution in [2.75, 3.05) is 6.54 Å². The minimum absolute atomic E-state index is 0.224. The summed E-state index contributed by atoms with van der Waals surface area (Å²) >= 11 is 0. The molecule has 0 spiro atoms. The highest BCUT2D eigenvalue weighted by Crippen LogP contribution is 2.31. The number of benzene rings is 1. The second kappa shape index (κ2) is 6.43. The second-order valence-electron chi connectivity index (χ2n) is 5.34. The zero-order chi connectivity index (χ0) is 12.8. The van der Waals surface area contributed by atoms with Crippen LogP contribution < -0.4 is 11.5 Å². The number of aliphatic imine (C=N–C) groups is 1. The van der Waals surface area contributed by atoms with Crippen molar-refractivity contribution >= 4 is 5.96 Å². The number of nitrogens with two attached hydrogens (primary N) is 2. The fourth-order valence-corrected chi connectivity index (χ4v) is 2.80. The number of nitrogens with zero attached hydrogens (tertiary/aromatic N) is 1. The molecule has 1 saturated carbocycles. The zero-order valence-corrected chi connectivity index (χ0v) is 10.9. The molecule has 0 amide bonds. The summed E-state index contributed by atoms with van der Waals surface area (Å²) < 4.78 is 0. The third-order valence-electron chi connectivity index (χ3n) is 3.87. The first-order valence-corrected chi connectivity index (χ1v) is 6.83. The Labute approximate surface area is 109 Å². The molecule has 0 heterocycles. The van der Waals surface area contributed by atoms with Crippen LogP contribution >= 0.6 is 0 Å². The van der Waals surface area contributed by atoms with E-state index in [2.05, 4.69) is 35.3 Å². The summed E-state index contributed by atoms with van der Waals surface area (Å²) in [6, 6.07) is 10.8. The summed E-state index contributed by atoms with van der Waals surface area (Å²) in [7, 11) is 0. The van der Waals surface area contributed by atoms with Crippen LogP contribution in [-0.4, -0.2) is 12.5 Å². The summed E-state index contributed by atoms with van der Waals surface area (Å²) in [4.78, 5) is 4.13.